The lowest BCUT2D eigenvalue weighted by Gasteiger charge is -2.27. The minimum absolute atomic E-state index is 0.100. The summed E-state index contributed by atoms with van der Waals surface area (Å²) in [6, 6.07) is 11.4. The van der Waals surface area contributed by atoms with Gasteiger partial charge in [0.1, 0.15) is 29.6 Å². The number of ether oxygens (including phenoxy) is 3. The number of nitrogen functional groups attached to an aromatic ring is 1. The number of aromatic nitrogens is 4. The van der Waals surface area contributed by atoms with Gasteiger partial charge in [-0.1, -0.05) is 57.2 Å². The van der Waals surface area contributed by atoms with Crippen LogP contribution < -0.4 is 20.1 Å². The van der Waals surface area contributed by atoms with Crippen molar-refractivity contribution < 1.29 is 42.8 Å². The summed E-state index contributed by atoms with van der Waals surface area (Å²) in [4.78, 5) is 25.3. The molecule has 4 unspecified atom stereocenters. The number of anilines is 1. The van der Waals surface area contributed by atoms with E-state index >= 15 is 0 Å². The van der Waals surface area contributed by atoms with Gasteiger partial charge in [0.05, 0.1) is 26.7 Å². The fourth-order valence-electron chi connectivity index (χ4n) is 4.97. The molecule has 1 aliphatic heterocycles. The lowest BCUT2D eigenvalue weighted by atomic mass is 9.96. The molecule has 5 N–H and O–H groups in total. The van der Waals surface area contributed by atoms with Crippen molar-refractivity contribution in [1.82, 2.24) is 24.6 Å². The van der Waals surface area contributed by atoms with E-state index in [1.165, 1.54) is 31.9 Å². The number of nitrogens with zero attached hydrogens (tertiary/aromatic N) is 4. The number of aliphatic hydroxyl groups is 2. The third-order valence-electron chi connectivity index (χ3n) is 7.34. The second-order valence-corrected chi connectivity index (χ2v) is 14.2. The van der Waals surface area contributed by atoms with Gasteiger partial charge in [-0.3, -0.25) is 13.9 Å². The van der Waals surface area contributed by atoms with E-state index in [4.69, 9.17) is 29.0 Å². The molecular weight excluding hydrogens is 619 g/mol. The molecule has 15 nitrogen and oxygen atoms in total. The maximum absolute atomic E-state index is 14.3. The third-order valence-corrected chi connectivity index (χ3v) is 8.97. The molecule has 6 atom stereocenters. The van der Waals surface area contributed by atoms with E-state index in [-0.39, 0.29) is 40.8 Å². The Balaban J connectivity index is 1.40. The molecule has 2 aromatic heterocycles. The lowest BCUT2D eigenvalue weighted by Crippen LogP contribution is -2.44. The molecule has 1 aliphatic rings. The van der Waals surface area contributed by atoms with Crippen molar-refractivity contribution in [3.8, 4) is 11.6 Å². The molecule has 1 fully saturated rings. The smallest absolute Gasteiger partial charge is 0.459 e. The second kappa shape index (κ2) is 12.7. The standard InChI is InChI=1S/C30H39N6O9P/c1-17(26(38)42-15-29(2,3)4)35-46(40,45-20-13-9-11-18-10-7-8-12-19(18)20)43-14-21-23(37)30(5,39)27(44-21)36-16-32-22-24(36)33-28(31)34-25(22)41-6/h7-13,16-17,21,23,27,37,39H,14-15H2,1-6H3,(H,35,40)(H2,31,33,34)/t17?,21-,23+,27?,30?,46?/m1/s1. The first-order valence-electron chi connectivity index (χ1n) is 14.6. The summed E-state index contributed by atoms with van der Waals surface area (Å²) in [5.74, 6) is -0.411. The van der Waals surface area contributed by atoms with E-state index in [0.717, 1.165) is 5.39 Å². The Kier molecular flexibility index (Phi) is 9.28. The van der Waals surface area contributed by atoms with Crippen LogP contribution in [0.3, 0.4) is 0 Å². The highest BCUT2D eigenvalue weighted by molar-refractivity contribution is 7.52. The number of benzene rings is 2. The van der Waals surface area contributed by atoms with Gasteiger partial charge in [0.25, 0.3) is 0 Å². The Hall–Kier alpha value is -3.85. The molecular formula is C30H39N6O9P. The lowest BCUT2D eigenvalue weighted by molar-refractivity contribution is -0.148. The number of methoxy groups -OCH3 is 1. The largest absolute Gasteiger partial charge is 0.479 e. The predicted molar refractivity (Wildman–Crippen MR) is 168 cm³/mol. The van der Waals surface area contributed by atoms with Crippen LogP contribution in [-0.2, 0) is 23.4 Å². The van der Waals surface area contributed by atoms with Crippen LogP contribution in [0, 0.1) is 5.41 Å². The minimum atomic E-state index is -4.37. The maximum Gasteiger partial charge on any atom is 0.459 e. The normalized spacial score (nSPS) is 23.7. The molecule has 0 amide bonds. The van der Waals surface area contributed by atoms with Crippen LogP contribution in [0.1, 0.15) is 40.8 Å². The van der Waals surface area contributed by atoms with Crippen LogP contribution in [0.15, 0.2) is 48.8 Å². The molecule has 0 bridgehead atoms. The molecule has 3 heterocycles. The van der Waals surface area contributed by atoms with Gasteiger partial charge < -0.3 is 34.7 Å². The number of esters is 1. The number of aliphatic hydroxyl groups excluding tert-OH is 1. The van der Waals surface area contributed by atoms with Crippen molar-refractivity contribution in [1.29, 1.82) is 0 Å². The molecule has 4 aromatic rings. The highest BCUT2D eigenvalue weighted by Gasteiger charge is 2.54. The number of carbonyl (C=O) groups excluding carboxylic acids is 1. The van der Waals surface area contributed by atoms with Crippen LogP contribution in [0.5, 0.6) is 11.6 Å². The molecule has 248 valence electrons. The van der Waals surface area contributed by atoms with Crippen LogP contribution in [0.4, 0.5) is 5.95 Å². The zero-order chi connectivity index (χ0) is 33.4. The Morgan fingerprint density at radius 2 is 1.93 bits per heavy atom. The van der Waals surface area contributed by atoms with E-state index in [0.29, 0.717) is 5.39 Å². The molecule has 46 heavy (non-hydrogen) atoms. The summed E-state index contributed by atoms with van der Waals surface area (Å²) in [6.07, 6.45) is -2.63. The quantitative estimate of drug-likeness (QED) is 0.135. The molecule has 1 saturated heterocycles. The maximum atomic E-state index is 14.3. The predicted octanol–water partition coefficient (Wildman–Crippen LogP) is 3.35. The van der Waals surface area contributed by atoms with Crippen molar-refractivity contribution in [3.63, 3.8) is 0 Å². The van der Waals surface area contributed by atoms with Crippen LogP contribution >= 0.6 is 7.75 Å². The number of hydrogen-bond donors (Lipinski definition) is 4. The molecule has 16 heteroatoms. The number of nitrogens with one attached hydrogen (secondary N) is 1. The monoisotopic (exact) mass is 658 g/mol. The van der Waals surface area contributed by atoms with Crippen molar-refractivity contribution >= 4 is 41.6 Å². The Morgan fingerprint density at radius 3 is 2.65 bits per heavy atom. The van der Waals surface area contributed by atoms with E-state index in [1.807, 2.05) is 39.0 Å². The average molecular weight is 659 g/mol. The topological polar surface area (TPSA) is 202 Å². The number of fused-ring (bicyclic) bond motifs is 2. The average Bonchev–Trinajstić information content (AvgIpc) is 3.51. The summed E-state index contributed by atoms with van der Waals surface area (Å²) in [6.45, 7) is 8.20. The summed E-state index contributed by atoms with van der Waals surface area (Å²) >= 11 is 0. The van der Waals surface area contributed by atoms with Crippen molar-refractivity contribution in [2.24, 2.45) is 5.41 Å². The Labute approximate surface area is 265 Å². The molecule has 5 rings (SSSR count). The number of imidazole rings is 1. The molecule has 0 saturated carbocycles. The van der Waals surface area contributed by atoms with E-state index in [9.17, 15) is 19.6 Å². The van der Waals surface area contributed by atoms with Gasteiger partial charge in [-0.05, 0) is 30.7 Å². The summed E-state index contributed by atoms with van der Waals surface area (Å²) in [5, 5.41) is 26.7. The van der Waals surface area contributed by atoms with E-state index in [2.05, 4.69) is 20.0 Å². The van der Waals surface area contributed by atoms with E-state index < -0.39 is 50.4 Å². The van der Waals surface area contributed by atoms with Crippen LogP contribution in [0.25, 0.3) is 21.9 Å². The van der Waals surface area contributed by atoms with Crippen LogP contribution in [-0.4, -0.2) is 79.9 Å². The van der Waals surface area contributed by atoms with E-state index in [1.54, 1.807) is 24.3 Å². The van der Waals surface area contributed by atoms with Gasteiger partial charge in [0, 0.05) is 5.39 Å². The van der Waals surface area contributed by atoms with Crippen molar-refractivity contribution in [2.45, 2.75) is 64.7 Å². The first kappa shape index (κ1) is 33.5. The fraction of sp³-hybridized carbons (Fsp3) is 0.467. The second-order valence-electron chi connectivity index (χ2n) is 12.5. The number of rotatable bonds is 11. The third kappa shape index (κ3) is 6.94. The highest BCUT2D eigenvalue weighted by atomic mass is 31.2. The summed E-state index contributed by atoms with van der Waals surface area (Å²) in [5.41, 5.74) is 4.11. The van der Waals surface area contributed by atoms with Gasteiger partial charge >= 0.3 is 13.7 Å². The number of carbonyl (C=O) groups is 1. The molecule has 0 radical (unpaired) electrons. The number of hydrogen-bond acceptors (Lipinski definition) is 13. The summed E-state index contributed by atoms with van der Waals surface area (Å²) < 4.78 is 44.2. The first-order chi connectivity index (χ1) is 21.6. The number of nitrogens with two attached hydrogens (primary N) is 1. The van der Waals surface area contributed by atoms with Gasteiger partial charge in [0.15, 0.2) is 17.4 Å². The first-order valence-corrected chi connectivity index (χ1v) is 16.1. The van der Waals surface area contributed by atoms with Crippen molar-refractivity contribution in [3.05, 3.63) is 48.8 Å². The molecule has 2 aromatic carbocycles. The van der Waals surface area contributed by atoms with Gasteiger partial charge in [-0.25, -0.2) is 9.55 Å². The Bertz CT molecular complexity index is 1770. The van der Waals surface area contributed by atoms with Gasteiger partial charge in [-0.15, -0.1) is 0 Å². The fourth-order valence-corrected chi connectivity index (χ4v) is 6.49. The van der Waals surface area contributed by atoms with Crippen LogP contribution in [0.2, 0.25) is 0 Å². The van der Waals surface area contributed by atoms with Gasteiger partial charge in [-0.2, -0.15) is 15.1 Å². The zero-order valence-electron chi connectivity index (χ0n) is 26.4. The van der Waals surface area contributed by atoms with Gasteiger partial charge in [0.2, 0.25) is 11.8 Å². The molecule has 0 aliphatic carbocycles. The highest BCUT2D eigenvalue weighted by Crippen LogP contribution is 2.48. The summed E-state index contributed by atoms with van der Waals surface area (Å²) in [7, 11) is -2.97. The van der Waals surface area contributed by atoms with Crippen molar-refractivity contribution in [2.75, 3.05) is 26.1 Å². The Morgan fingerprint density at radius 1 is 1.22 bits per heavy atom. The minimum Gasteiger partial charge on any atom is -0.479 e. The SMILES string of the molecule is COc1nc(N)nc2c1ncn2C1O[C@H](COP(=O)(NC(C)C(=O)OCC(C)(C)C)Oc2cccc3ccccc23)[C@H](O)C1(C)O. The molecule has 0 spiro atoms. The zero-order valence-corrected chi connectivity index (χ0v) is 27.3.